The van der Waals surface area contributed by atoms with Crippen molar-refractivity contribution in [3.05, 3.63) is 0 Å². The molecule has 19 heavy (non-hydrogen) atoms. The van der Waals surface area contributed by atoms with Gasteiger partial charge in [-0.3, -0.25) is 9.59 Å². The van der Waals surface area contributed by atoms with Crippen molar-refractivity contribution in [2.45, 2.75) is 52.4 Å². The summed E-state index contributed by atoms with van der Waals surface area (Å²) in [7, 11) is 0. The largest absolute Gasteiger partial charge is 0.481 e. The Bertz CT molecular complexity index is 249. The Hall–Kier alpha value is -1.10. The maximum atomic E-state index is 11.4. The molecule has 0 atom stereocenters. The molecule has 1 amide bonds. The van der Waals surface area contributed by atoms with Crippen LogP contribution in [0.1, 0.15) is 52.4 Å². The minimum Gasteiger partial charge on any atom is -0.481 e. The number of nitrogens with one attached hydrogen (secondary N) is 1. The van der Waals surface area contributed by atoms with Gasteiger partial charge >= 0.3 is 5.97 Å². The highest BCUT2D eigenvalue weighted by atomic mass is 16.4. The third-order valence-electron chi connectivity index (χ3n) is 2.97. The predicted molar refractivity (Wildman–Crippen MR) is 76.1 cm³/mol. The number of unbranched alkanes of at least 4 members (excludes halogenated alkanes) is 2. The van der Waals surface area contributed by atoms with Crippen LogP contribution in [0, 0.1) is 0 Å². The third-order valence-corrected chi connectivity index (χ3v) is 2.97. The zero-order valence-electron chi connectivity index (χ0n) is 12.3. The molecule has 0 saturated carbocycles. The average Bonchev–Trinajstić information content (AvgIpc) is 2.38. The first-order valence-corrected chi connectivity index (χ1v) is 7.31. The van der Waals surface area contributed by atoms with Gasteiger partial charge < -0.3 is 15.3 Å². The summed E-state index contributed by atoms with van der Waals surface area (Å²) < 4.78 is 0. The molecule has 0 aromatic rings. The maximum Gasteiger partial charge on any atom is 0.303 e. The molecule has 0 aromatic carbocycles. The van der Waals surface area contributed by atoms with Crippen molar-refractivity contribution in [1.29, 1.82) is 0 Å². The van der Waals surface area contributed by atoms with Crippen molar-refractivity contribution in [1.82, 2.24) is 10.2 Å². The number of carbonyl (C=O) groups is 2. The summed E-state index contributed by atoms with van der Waals surface area (Å²) in [4.78, 5) is 24.1. The summed E-state index contributed by atoms with van der Waals surface area (Å²) in [5, 5.41) is 11.3. The first kappa shape index (κ1) is 17.9. The van der Waals surface area contributed by atoms with Gasteiger partial charge in [-0.2, -0.15) is 0 Å². The smallest absolute Gasteiger partial charge is 0.303 e. The van der Waals surface area contributed by atoms with Crippen LogP contribution in [0.5, 0.6) is 0 Å². The molecule has 0 aromatic heterocycles. The third kappa shape index (κ3) is 11.7. The van der Waals surface area contributed by atoms with Crippen LogP contribution in [-0.2, 0) is 9.59 Å². The molecule has 0 rings (SSSR count). The fraction of sp³-hybridized carbons (Fsp3) is 0.857. The quantitative estimate of drug-likeness (QED) is 0.569. The van der Waals surface area contributed by atoms with Crippen LogP contribution in [-0.4, -0.2) is 48.1 Å². The van der Waals surface area contributed by atoms with Gasteiger partial charge in [0, 0.05) is 19.5 Å². The Morgan fingerprint density at radius 2 is 1.58 bits per heavy atom. The molecule has 0 spiro atoms. The average molecular weight is 272 g/mol. The molecule has 5 nitrogen and oxygen atoms in total. The van der Waals surface area contributed by atoms with Gasteiger partial charge in [-0.05, 0) is 25.9 Å². The maximum absolute atomic E-state index is 11.4. The highest BCUT2D eigenvalue weighted by Crippen LogP contribution is 1.98. The van der Waals surface area contributed by atoms with Crippen LogP contribution in [0.2, 0.25) is 0 Å². The molecule has 112 valence electrons. The molecule has 0 aliphatic rings. The van der Waals surface area contributed by atoms with E-state index in [1.54, 1.807) is 0 Å². The van der Waals surface area contributed by atoms with Crippen LogP contribution < -0.4 is 5.32 Å². The zero-order valence-corrected chi connectivity index (χ0v) is 12.3. The second-order valence-corrected chi connectivity index (χ2v) is 4.79. The molecule has 0 fully saturated rings. The molecule has 0 aliphatic heterocycles. The van der Waals surface area contributed by atoms with Crippen LogP contribution in [0.15, 0.2) is 0 Å². The van der Waals surface area contributed by atoms with E-state index in [9.17, 15) is 9.59 Å². The van der Waals surface area contributed by atoms with Gasteiger partial charge in [0.2, 0.25) is 5.91 Å². The first-order valence-electron chi connectivity index (χ1n) is 7.31. The van der Waals surface area contributed by atoms with Crippen LogP contribution in [0.25, 0.3) is 0 Å². The first-order chi connectivity index (χ1) is 9.10. The second kappa shape index (κ2) is 12.0. The molecule has 0 radical (unpaired) electrons. The summed E-state index contributed by atoms with van der Waals surface area (Å²) in [6, 6.07) is 0. The van der Waals surface area contributed by atoms with Crippen molar-refractivity contribution in [3.8, 4) is 0 Å². The highest BCUT2D eigenvalue weighted by Gasteiger charge is 2.07. The molecule has 0 aliphatic carbocycles. The molecule has 0 heterocycles. The SMILES string of the molecule is CCCCN(CCCC)CCNC(=O)CCC(=O)O. The van der Waals surface area contributed by atoms with E-state index in [1.165, 1.54) is 25.7 Å². The number of hydrogen-bond donors (Lipinski definition) is 2. The van der Waals surface area contributed by atoms with E-state index in [4.69, 9.17) is 5.11 Å². The standard InChI is InChI=1S/C14H28N2O3/c1-3-5-10-16(11-6-4-2)12-9-15-13(17)7-8-14(18)19/h3-12H2,1-2H3,(H,15,17)(H,18,19). The normalized spacial score (nSPS) is 10.7. The molecule has 5 heteroatoms. The van der Waals surface area contributed by atoms with E-state index in [-0.39, 0.29) is 18.7 Å². The number of carboxylic acid groups (broad SMARTS) is 1. The van der Waals surface area contributed by atoms with E-state index in [0.29, 0.717) is 6.54 Å². The summed E-state index contributed by atoms with van der Waals surface area (Å²) in [6.45, 7) is 7.94. The summed E-state index contributed by atoms with van der Waals surface area (Å²) in [6.07, 6.45) is 4.68. The van der Waals surface area contributed by atoms with Gasteiger partial charge in [0.15, 0.2) is 0 Å². The lowest BCUT2D eigenvalue weighted by Crippen LogP contribution is -2.36. The number of rotatable bonds is 12. The summed E-state index contributed by atoms with van der Waals surface area (Å²) in [5.74, 6) is -1.10. The summed E-state index contributed by atoms with van der Waals surface area (Å²) >= 11 is 0. The van der Waals surface area contributed by atoms with Gasteiger partial charge in [0.1, 0.15) is 0 Å². The fourth-order valence-electron chi connectivity index (χ4n) is 1.76. The van der Waals surface area contributed by atoms with Gasteiger partial charge in [-0.25, -0.2) is 0 Å². The lowest BCUT2D eigenvalue weighted by Gasteiger charge is -2.22. The van der Waals surface area contributed by atoms with Crippen LogP contribution >= 0.6 is 0 Å². The van der Waals surface area contributed by atoms with Crippen molar-refractivity contribution in [2.75, 3.05) is 26.2 Å². The Balaban J connectivity index is 3.76. The Kier molecular flexibility index (Phi) is 11.3. The summed E-state index contributed by atoms with van der Waals surface area (Å²) in [5.41, 5.74) is 0. The Morgan fingerprint density at radius 1 is 1.00 bits per heavy atom. The molecular formula is C14H28N2O3. The van der Waals surface area contributed by atoms with Gasteiger partial charge in [0.05, 0.1) is 6.42 Å². The van der Waals surface area contributed by atoms with E-state index < -0.39 is 5.97 Å². The Labute approximate surface area is 116 Å². The van der Waals surface area contributed by atoms with Gasteiger partial charge in [-0.1, -0.05) is 26.7 Å². The van der Waals surface area contributed by atoms with Crippen LogP contribution in [0.3, 0.4) is 0 Å². The lowest BCUT2D eigenvalue weighted by atomic mass is 10.2. The number of aliphatic carboxylic acids is 1. The van der Waals surface area contributed by atoms with Gasteiger partial charge in [-0.15, -0.1) is 0 Å². The van der Waals surface area contributed by atoms with Crippen molar-refractivity contribution < 1.29 is 14.7 Å². The van der Waals surface area contributed by atoms with E-state index in [0.717, 1.165) is 19.6 Å². The number of hydrogen-bond acceptors (Lipinski definition) is 3. The minimum absolute atomic E-state index is 0.0687. The fourth-order valence-corrected chi connectivity index (χ4v) is 1.76. The van der Waals surface area contributed by atoms with Crippen LogP contribution in [0.4, 0.5) is 0 Å². The second-order valence-electron chi connectivity index (χ2n) is 4.79. The van der Waals surface area contributed by atoms with Gasteiger partial charge in [0.25, 0.3) is 0 Å². The number of carbonyl (C=O) groups excluding carboxylic acids is 1. The number of nitrogens with zero attached hydrogens (tertiary/aromatic N) is 1. The highest BCUT2D eigenvalue weighted by molar-refractivity contribution is 5.80. The van der Waals surface area contributed by atoms with E-state index in [1.807, 2.05) is 0 Å². The van der Waals surface area contributed by atoms with Crippen molar-refractivity contribution in [3.63, 3.8) is 0 Å². The molecular weight excluding hydrogens is 244 g/mol. The molecule has 0 saturated heterocycles. The number of amides is 1. The van der Waals surface area contributed by atoms with E-state index >= 15 is 0 Å². The minimum atomic E-state index is -0.928. The topological polar surface area (TPSA) is 69.6 Å². The van der Waals surface area contributed by atoms with Crippen molar-refractivity contribution in [2.24, 2.45) is 0 Å². The monoisotopic (exact) mass is 272 g/mol. The number of carboxylic acids is 1. The predicted octanol–water partition coefficient (Wildman–Crippen LogP) is 1.87. The molecule has 2 N–H and O–H groups in total. The lowest BCUT2D eigenvalue weighted by molar-refractivity contribution is -0.138. The molecule has 0 bridgehead atoms. The van der Waals surface area contributed by atoms with E-state index in [2.05, 4.69) is 24.1 Å². The Morgan fingerprint density at radius 3 is 2.05 bits per heavy atom. The van der Waals surface area contributed by atoms with Crippen molar-refractivity contribution >= 4 is 11.9 Å². The molecule has 0 unspecified atom stereocenters. The zero-order chi connectivity index (χ0) is 14.5.